The Kier molecular flexibility index (Phi) is 2.67. The van der Waals surface area contributed by atoms with Gasteiger partial charge in [0.2, 0.25) is 5.78 Å². The fourth-order valence-electron chi connectivity index (χ4n) is 4.95. The Balaban J connectivity index is 1.55. The highest BCUT2D eigenvalue weighted by atomic mass is 16.1. The summed E-state index contributed by atoms with van der Waals surface area (Å²) < 4.78 is 0. The number of aliphatic imine (C=N–C) groups is 2. The van der Waals surface area contributed by atoms with Gasteiger partial charge in [0.1, 0.15) is 5.71 Å². The number of nitrogens with zero attached hydrogens (tertiary/aromatic N) is 2. The summed E-state index contributed by atoms with van der Waals surface area (Å²) in [4.78, 5) is 22.5. The zero-order valence-corrected chi connectivity index (χ0v) is 12.7. The van der Waals surface area contributed by atoms with Crippen molar-refractivity contribution in [3.63, 3.8) is 0 Å². The smallest absolute Gasteiger partial charge is 0.213 e. The van der Waals surface area contributed by atoms with E-state index in [4.69, 9.17) is 9.98 Å². The quantitative estimate of drug-likeness (QED) is 0.722. The predicted molar refractivity (Wildman–Crippen MR) is 87.0 cm³/mol. The molecule has 2 fully saturated rings. The number of fused-ring (bicyclic) bond motifs is 5. The van der Waals surface area contributed by atoms with Crippen molar-refractivity contribution in [3.05, 3.63) is 35.4 Å². The van der Waals surface area contributed by atoms with Gasteiger partial charge in [-0.15, -0.1) is 0 Å². The van der Waals surface area contributed by atoms with Crippen LogP contribution in [0.15, 0.2) is 34.3 Å². The van der Waals surface area contributed by atoms with E-state index < -0.39 is 0 Å². The molecule has 4 aliphatic rings. The second-order valence-corrected chi connectivity index (χ2v) is 7.24. The van der Waals surface area contributed by atoms with Crippen LogP contribution in [0, 0.1) is 11.8 Å². The van der Waals surface area contributed by atoms with Gasteiger partial charge in [-0.1, -0.05) is 49.9 Å². The van der Waals surface area contributed by atoms with E-state index in [1.165, 1.54) is 32.1 Å². The Morgan fingerprint density at radius 3 is 2.09 bits per heavy atom. The summed E-state index contributed by atoms with van der Waals surface area (Å²) in [6.45, 7) is 0. The van der Waals surface area contributed by atoms with Crippen molar-refractivity contribution in [2.75, 3.05) is 0 Å². The minimum absolute atomic E-state index is 0.0820. The Bertz CT molecular complexity index is 718. The van der Waals surface area contributed by atoms with E-state index in [1.807, 2.05) is 24.3 Å². The van der Waals surface area contributed by atoms with Gasteiger partial charge in [-0.25, -0.2) is 0 Å². The molecule has 3 aliphatic carbocycles. The number of benzene rings is 1. The lowest BCUT2D eigenvalue weighted by molar-refractivity contribution is 0.106. The van der Waals surface area contributed by atoms with Crippen molar-refractivity contribution < 1.29 is 4.79 Å². The zero-order valence-electron chi connectivity index (χ0n) is 12.7. The van der Waals surface area contributed by atoms with E-state index in [2.05, 4.69) is 0 Å². The molecule has 112 valence electrons. The van der Waals surface area contributed by atoms with Gasteiger partial charge in [-0.3, -0.25) is 14.8 Å². The molecular weight excluding hydrogens is 272 g/mol. The van der Waals surface area contributed by atoms with Crippen LogP contribution in [0.3, 0.4) is 0 Å². The van der Waals surface area contributed by atoms with Gasteiger partial charge in [0.25, 0.3) is 0 Å². The van der Waals surface area contributed by atoms with Crippen molar-refractivity contribution in [3.8, 4) is 0 Å². The van der Waals surface area contributed by atoms with Crippen LogP contribution in [-0.2, 0) is 0 Å². The third-order valence-corrected chi connectivity index (χ3v) is 6.06. The number of carbonyl (C=O) groups excluding carboxylic acids is 1. The second kappa shape index (κ2) is 4.61. The average molecular weight is 292 g/mol. The van der Waals surface area contributed by atoms with E-state index in [9.17, 15) is 4.79 Å². The maximum Gasteiger partial charge on any atom is 0.213 e. The Morgan fingerprint density at radius 1 is 0.818 bits per heavy atom. The highest BCUT2D eigenvalue weighted by molar-refractivity contribution is 6.78. The summed E-state index contributed by atoms with van der Waals surface area (Å²) in [5.74, 6) is 1.73. The summed E-state index contributed by atoms with van der Waals surface area (Å²) in [5, 5.41) is 0. The standard InChI is InChI=1S/C19H20N2O/c22-19-14-8-4-3-7-13(14)17-18(19)21-16-10-12-6-2-1-5-11(12)9-15(16)20-17/h3-4,7-8,11-12,15-16H,1-2,5-6,9-10H2. The summed E-state index contributed by atoms with van der Waals surface area (Å²) in [5.41, 5.74) is 3.29. The molecule has 22 heavy (non-hydrogen) atoms. The van der Waals surface area contributed by atoms with Crippen LogP contribution < -0.4 is 0 Å². The summed E-state index contributed by atoms with van der Waals surface area (Å²) in [6, 6.07) is 8.39. The van der Waals surface area contributed by atoms with E-state index in [0.29, 0.717) is 11.8 Å². The third-order valence-electron chi connectivity index (χ3n) is 6.06. The van der Waals surface area contributed by atoms with E-state index in [1.54, 1.807) is 0 Å². The van der Waals surface area contributed by atoms with Gasteiger partial charge >= 0.3 is 0 Å². The first-order valence-electron chi connectivity index (χ1n) is 8.61. The number of rotatable bonds is 0. The number of hydrogen-bond acceptors (Lipinski definition) is 3. The van der Waals surface area contributed by atoms with Gasteiger partial charge in [-0.05, 0) is 24.7 Å². The molecule has 1 heterocycles. The first kappa shape index (κ1) is 12.7. The fraction of sp³-hybridized carbons (Fsp3) is 0.526. The maximum atomic E-state index is 12.6. The summed E-state index contributed by atoms with van der Waals surface area (Å²) in [6.07, 6.45) is 7.78. The minimum atomic E-state index is 0.0820. The number of carbonyl (C=O) groups is 1. The molecule has 1 aromatic rings. The molecule has 2 saturated carbocycles. The fourth-order valence-corrected chi connectivity index (χ4v) is 4.95. The van der Waals surface area contributed by atoms with Crippen molar-refractivity contribution in [2.24, 2.45) is 21.8 Å². The largest absolute Gasteiger partial charge is 0.287 e. The first-order valence-corrected chi connectivity index (χ1v) is 8.61. The second-order valence-electron chi connectivity index (χ2n) is 7.24. The molecule has 1 aliphatic heterocycles. The van der Waals surface area contributed by atoms with Crippen LogP contribution in [0.4, 0.5) is 0 Å². The zero-order chi connectivity index (χ0) is 14.7. The van der Waals surface area contributed by atoms with E-state index in [-0.39, 0.29) is 11.8 Å². The summed E-state index contributed by atoms with van der Waals surface area (Å²) in [7, 11) is 0. The molecule has 5 rings (SSSR count). The lowest BCUT2D eigenvalue weighted by atomic mass is 9.67. The Morgan fingerprint density at radius 2 is 1.41 bits per heavy atom. The molecule has 4 atom stereocenters. The van der Waals surface area contributed by atoms with Crippen LogP contribution in [0.2, 0.25) is 0 Å². The minimum Gasteiger partial charge on any atom is -0.287 e. The molecular formula is C19H20N2O. The molecule has 0 aromatic heterocycles. The number of ketones is 1. The molecule has 0 N–H and O–H groups in total. The molecule has 0 spiro atoms. The molecule has 0 amide bonds. The normalized spacial score (nSPS) is 35.7. The van der Waals surface area contributed by atoms with Crippen molar-refractivity contribution in [2.45, 2.75) is 50.6 Å². The molecule has 3 heteroatoms. The van der Waals surface area contributed by atoms with E-state index >= 15 is 0 Å². The van der Waals surface area contributed by atoms with Crippen LogP contribution in [0.1, 0.15) is 54.4 Å². The van der Waals surface area contributed by atoms with Crippen molar-refractivity contribution >= 4 is 17.2 Å². The molecule has 0 bridgehead atoms. The van der Waals surface area contributed by atoms with Crippen molar-refractivity contribution in [1.29, 1.82) is 0 Å². The average Bonchev–Trinajstić information content (AvgIpc) is 2.84. The highest BCUT2D eigenvalue weighted by Crippen LogP contribution is 2.44. The Labute approximate surface area is 130 Å². The van der Waals surface area contributed by atoms with Gasteiger partial charge < -0.3 is 0 Å². The number of hydrogen-bond donors (Lipinski definition) is 0. The molecule has 0 saturated heterocycles. The van der Waals surface area contributed by atoms with Crippen molar-refractivity contribution in [1.82, 2.24) is 0 Å². The third kappa shape index (κ3) is 1.71. The lowest BCUT2D eigenvalue weighted by Gasteiger charge is -2.42. The van der Waals surface area contributed by atoms with Gasteiger partial charge in [-0.2, -0.15) is 0 Å². The maximum absolute atomic E-state index is 12.6. The topological polar surface area (TPSA) is 41.8 Å². The van der Waals surface area contributed by atoms with Gasteiger partial charge in [0.05, 0.1) is 17.8 Å². The summed E-state index contributed by atoms with van der Waals surface area (Å²) >= 11 is 0. The first-order chi connectivity index (χ1) is 10.8. The van der Waals surface area contributed by atoms with Gasteiger partial charge in [0, 0.05) is 11.1 Å². The SMILES string of the molecule is O=C1C2=NC3CC4CCCCC4CC3N=C2c2ccccc21. The molecule has 4 unspecified atom stereocenters. The van der Waals surface area contributed by atoms with Crippen LogP contribution in [0.25, 0.3) is 0 Å². The van der Waals surface area contributed by atoms with Crippen LogP contribution >= 0.6 is 0 Å². The van der Waals surface area contributed by atoms with Crippen LogP contribution in [0.5, 0.6) is 0 Å². The van der Waals surface area contributed by atoms with E-state index in [0.717, 1.165) is 35.1 Å². The van der Waals surface area contributed by atoms with Crippen LogP contribution in [-0.4, -0.2) is 29.3 Å². The molecule has 0 radical (unpaired) electrons. The monoisotopic (exact) mass is 292 g/mol. The lowest BCUT2D eigenvalue weighted by Crippen LogP contribution is -2.42. The highest BCUT2D eigenvalue weighted by Gasteiger charge is 2.43. The van der Waals surface area contributed by atoms with Gasteiger partial charge in [0.15, 0.2) is 0 Å². The predicted octanol–water partition coefficient (Wildman–Crippen LogP) is 3.46. The molecule has 3 nitrogen and oxygen atoms in total. The molecule has 1 aromatic carbocycles. The number of Topliss-reactive ketones (excluding diaryl/α,β-unsaturated/α-hetero) is 1. The Hall–Kier alpha value is -1.77.